The van der Waals surface area contributed by atoms with Gasteiger partial charge in [-0.2, -0.15) is 0 Å². The van der Waals surface area contributed by atoms with E-state index in [0.717, 1.165) is 17.8 Å². The molecular formula is C21H20FN3O3S. The van der Waals surface area contributed by atoms with E-state index in [1.54, 1.807) is 12.1 Å². The second-order valence-corrected chi connectivity index (χ2v) is 8.22. The molecule has 0 saturated heterocycles. The Morgan fingerprint density at radius 2 is 1.52 bits per heavy atom. The number of nitrogens with zero attached hydrogens (tertiary/aromatic N) is 1. The molecule has 0 aliphatic heterocycles. The number of anilines is 3. The molecule has 0 aliphatic carbocycles. The fourth-order valence-electron chi connectivity index (χ4n) is 2.58. The van der Waals surface area contributed by atoms with E-state index in [4.69, 9.17) is 0 Å². The van der Waals surface area contributed by atoms with Crippen LogP contribution in [-0.2, 0) is 10.0 Å². The maximum absolute atomic E-state index is 13.0. The number of benzene rings is 3. The van der Waals surface area contributed by atoms with Gasteiger partial charge in [0.15, 0.2) is 0 Å². The summed E-state index contributed by atoms with van der Waals surface area (Å²) in [6.45, 7) is 0. The van der Waals surface area contributed by atoms with Gasteiger partial charge in [-0.3, -0.25) is 9.52 Å². The molecule has 3 aromatic carbocycles. The van der Waals surface area contributed by atoms with Gasteiger partial charge in [0.1, 0.15) is 5.82 Å². The first-order valence-corrected chi connectivity index (χ1v) is 10.2. The van der Waals surface area contributed by atoms with Crippen LogP contribution in [-0.4, -0.2) is 28.4 Å². The van der Waals surface area contributed by atoms with Crippen molar-refractivity contribution in [2.24, 2.45) is 0 Å². The number of halogens is 1. The highest BCUT2D eigenvalue weighted by Gasteiger charge is 2.17. The number of carbonyl (C=O) groups excluding carboxylic acids is 1. The van der Waals surface area contributed by atoms with E-state index in [2.05, 4.69) is 10.0 Å². The fourth-order valence-corrected chi connectivity index (χ4v) is 3.69. The molecule has 0 aromatic heterocycles. The van der Waals surface area contributed by atoms with Gasteiger partial charge < -0.3 is 10.2 Å². The Morgan fingerprint density at radius 3 is 2.14 bits per heavy atom. The second-order valence-electron chi connectivity index (χ2n) is 6.54. The molecule has 0 saturated carbocycles. The molecule has 2 N–H and O–H groups in total. The van der Waals surface area contributed by atoms with Gasteiger partial charge in [0.2, 0.25) is 0 Å². The van der Waals surface area contributed by atoms with E-state index in [0.29, 0.717) is 5.69 Å². The maximum atomic E-state index is 13.0. The third-order valence-corrected chi connectivity index (χ3v) is 5.52. The largest absolute Gasteiger partial charge is 0.378 e. The van der Waals surface area contributed by atoms with Crippen molar-refractivity contribution in [2.75, 3.05) is 29.0 Å². The van der Waals surface area contributed by atoms with Crippen LogP contribution in [0.1, 0.15) is 10.4 Å². The second kappa shape index (κ2) is 8.32. The minimum Gasteiger partial charge on any atom is -0.378 e. The van der Waals surface area contributed by atoms with E-state index >= 15 is 0 Å². The maximum Gasteiger partial charge on any atom is 0.261 e. The lowest BCUT2D eigenvalue weighted by molar-refractivity contribution is 0.102. The van der Waals surface area contributed by atoms with Gasteiger partial charge in [0.05, 0.1) is 4.90 Å². The molecule has 0 atom stereocenters. The third-order valence-electron chi connectivity index (χ3n) is 4.14. The average molecular weight is 413 g/mol. The topological polar surface area (TPSA) is 78.5 Å². The summed E-state index contributed by atoms with van der Waals surface area (Å²) in [5.74, 6) is -0.897. The predicted molar refractivity (Wildman–Crippen MR) is 112 cm³/mol. The molecule has 6 nitrogen and oxygen atoms in total. The molecule has 0 bridgehead atoms. The van der Waals surface area contributed by atoms with Crippen molar-refractivity contribution in [3.63, 3.8) is 0 Å². The minimum absolute atomic E-state index is 0.0718. The Kier molecular flexibility index (Phi) is 5.84. The van der Waals surface area contributed by atoms with E-state index < -0.39 is 21.7 Å². The van der Waals surface area contributed by atoms with Gasteiger partial charge >= 0.3 is 0 Å². The summed E-state index contributed by atoms with van der Waals surface area (Å²) < 4.78 is 40.5. The van der Waals surface area contributed by atoms with Crippen molar-refractivity contribution in [3.05, 3.63) is 84.2 Å². The SMILES string of the molecule is CN(C)c1ccc(NC(=O)c2cccc(S(=O)(=O)Nc3ccc(F)cc3)c2)cc1. The summed E-state index contributed by atoms with van der Waals surface area (Å²) in [4.78, 5) is 14.4. The Labute approximate surface area is 169 Å². The van der Waals surface area contributed by atoms with Crippen molar-refractivity contribution >= 4 is 33.0 Å². The quantitative estimate of drug-likeness (QED) is 0.642. The van der Waals surface area contributed by atoms with Gasteiger partial charge in [0.25, 0.3) is 15.9 Å². The molecule has 8 heteroatoms. The van der Waals surface area contributed by atoms with E-state index in [1.165, 1.54) is 36.4 Å². The highest BCUT2D eigenvalue weighted by molar-refractivity contribution is 7.92. The zero-order valence-electron chi connectivity index (χ0n) is 15.9. The van der Waals surface area contributed by atoms with Crippen LogP contribution in [0.3, 0.4) is 0 Å². The standard InChI is InChI=1S/C21H20FN3O3S/c1-25(2)19-12-10-17(11-13-19)23-21(26)15-4-3-5-20(14-15)29(27,28)24-18-8-6-16(22)7-9-18/h3-14,24H,1-2H3,(H,23,26). The number of hydrogen-bond acceptors (Lipinski definition) is 4. The van der Waals surface area contributed by atoms with Crippen LogP contribution < -0.4 is 14.9 Å². The molecule has 0 heterocycles. The molecule has 0 fully saturated rings. The summed E-state index contributed by atoms with van der Waals surface area (Å²) in [5.41, 5.74) is 2.01. The van der Waals surface area contributed by atoms with Gasteiger partial charge in [-0.1, -0.05) is 6.07 Å². The Morgan fingerprint density at radius 1 is 0.897 bits per heavy atom. The lowest BCUT2D eigenvalue weighted by Gasteiger charge is -2.13. The molecule has 150 valence electrons. The normalized spacial score (nSPS) is 11.0. The molecule has 3 aromatic rings. The number of amides is 1. The molecule has 0 spiro atoms. The predicted octanol–water partition coefficient (Wildman–Crippen LogP) is 3.94. The Bertz CT molecular complexity index is 1110. The van der Waals surface area contributed by atoms with Gasteiger partial charge in [-0.25, -0.2) is 12.8 Å². The van der Waals surface area contributed by atoms with E-state index in [1.807, 2.05) is 31.1 Å². The van der Waals surface area contributed by atoms with Crippen molar-refractivity contribution < 1.29 is 17.6 Å². The van der Waals surface area contributed by atoms with Gasteiger partial charge in [-0.15, -0.1) is 0 Å². The van der Waals surface area contributed by atoms with Crippen LogP contribution in [0.25, 0.3) is 0 Å². The van der Waals surface area contributed by atoms with Crippen LogP contribution in [0, 0.1) is 5.82 Å². The first-order valence-electron chi connectivity index (χ1n) is 8.72. The van der Waals surface area contributed by atoms with Gasteiger partial charge in [0, 0.05) is 36.7 Å². The average Bonchev–Trinajstić information content (AvgIpc) is 2.70. The lowest BCUT2D eigenvalue weighted by Crippen LogP contribution is -2.16. The first kappa shape index (κ1) is 20.3. The number of hydrogen-bond donors (Lipinski definition) is 2. The first-order chi connectivity index (χ1) is 13.7. The summed E-state index contributed by atoms with van der Waals surface area (Å²) in [7, 11) is -0.0958. The molecule has 3 rings (SSSR count). The fraction of sp³-hybridized carbons (Fsp3) is 0.0952. The smallest absolute Gasteiger partial charge is 0.261 e. The third kappa shape index (κ3) is 5.11. The van der Waals surface area contributed by atoms with Crippen molar-refractivity contribution in [1.82, 2.24) is 0 Å². The monoisotopic (exact) mass is 413 g/mol. The number of nitrogens with one attached hydrogen (secondary N) is 2. The minimum atomic E-state index is -3.93. The molecule has 0 aliphatic rings. The summed E-state index contributed by atoms with van der Waals surface area (Å²) >= 11 is 0. The zero-order valence-corrected chi connectivity index (χ0v) is 16.7. The van der Waals surface area contributed by atoms with Crippen molar-refractivity contribution in [1.29, 1.82) is 0 Å². The highest BCUT2D eigenvalue weighted by Crippen LogP contribution is 2.19. The van der Waals surface area contributed by atoms with E-state index in [-0.39, 0.29) is 16.1 Å². The van der Waals surface area contributed by atoms with Crippen LogP contribution >= 0.6 is 0 Å². The van der Waals surface area contributed by atoms with Gasteiger partial charge in [-0.05, 0) is 66.7 Å². The van der Waals surface area contributed by atoms with Crippen LogP contribution in [0.15, 0.2) is 77.7 Å². The Hall–Kier alpha value is -3.39. The molecule has 29 heavy (non-hydrogen) atoms. The number of sulfonamides is 1. The summed E-state index contributed by atoms with van der Waals surface area (Å²) in [6, 6.07) is 17.9. The lowest BCUT2D eigenvalue weighted by atomic mass is 10.2. The molecular weight excluding hydrogens is 393 g/mol. The van der Waals surface area contributed by atoms with Crippen LogP contribution in [0.5, 0.6) is 0 Å². The van der Waals surface area contributed by atoms with Crippen molar-refractivity contribution in [3.8, 4) is 0 Å². The van der Waals surface area contributed by atoms with Crippen LogP contribution in [0.2, 0.25) is 0 Å². The van der Waals surface area contributed by atoms with E-state index in [9.17, 15) is 17.6 Å². The highest BCUT2D eigenvalue weighted by atomic mass is 32.2. The summed E-state index contributed by atoms with van der Waals surface area (Å²) in [5, 5.41) is 2.74. The van der Waals surface area contributed by atoms with Crippen molar-refractivity contribution in [2.45, 2.75) is 4.90 Å². The molecule has 1 amide bonds. The molecule has 0 radical (unpaired) electrons. The Balaban J connectivity index is 1.77. The summed E-state index contributed by atoms with van der Waals surface area (Å²) in [6.07, 6.45) is 0. The van der Waals surface area contributed by atoms with Crippen LogP contribution in [0.4, 0.5) is 21.5 Å². The number of carbonyl (C=O) groups is 1. The zero-order chi connectivity index (χ0) is 21.0. The molecule has 0 unspecified atom stereocenters. The number of rotatable bonds is 6.